The molecule has 0 spiro atoms. The van der Waals surface area contributed by atoms with Gasteiger partial charge in [-0.15, -0.1) is 0 Å². The van der Waals surface area contributed by atoms with Gasteiger partial charge in [-0.25, -0.2) is 0 Å². The third-order valence-corrected chi connectivity index (χ3v) is 4.05. The van der Waals surface area contributed by atoms with Gasteiger partial charge < -0.3 is 10.1 Å². The number of benzene rings is 2. The lowest BCUT2D eigenvalue weighted by atomic mass is 9.97. The molecule has 26 heavy (non-hydrogen) atoms. The van der Waals surface area contributed by atoms with Crippen LogP contribution in [0.1, 0.15) is 41.3 Å². The number of nitrogens with zero attached hydrogens (tertiary/aromatic N) is 1. The van der Waals surface area contributed by atoms with Crippen LogP contribution in [0.2, 0.25) is 0 Å². The van der Waals surface area contributed by atoms with Crippen LogP contribution in [0, 0.1) is 0 Å². The summed E-state index contributed by atoms with van der Waals surface area (Å²) in [5, 5.41) is 2.96. The molecule has 3 aromatic rings. The Morgan fingerprint density at radius 2 is 1.92 bits per heavy atom. The summed E-state index contributed by atoms with van der Waals surface area (Å²) in [6.45, 7) is 4.60. The Morgan fingerprint density at radius 3 is 2.69 bits per heavy atom. The molecule has 0 radical (unpaired) electrons. The number of hydrogen-bond donors (Lipinski definition) is 1. The van der Waals surface area contributed by atoms with E-state index < -0.39 is 0 Å². The van der Waals surface area contributed by atoms with Crippen molar-refractivity contribution >= 4 is 11.6 Å². The van der Waals surface area contributed by atoms with Crippen molar-refractivity contribution in [3.8, 4) is 5.75 Å². The number of nitrogens with one attached hydrogen (secondary N) is 1. The highest BCUT2D eigenvalue weighted by Gasteiger charge is 2.13. The highest BCUT2D eigenvalue weighted by Crippen LogP contribution is 2.22. The van der Waals surface area contributed by atoms with Crippen molar-refractivity contribution in [2.45, 2.75) is 26.4 Å². The number of hydrogen-bond acceptors (Lipinski definition) is 3. The Labute approximate surface area is 153 Å². The Balaban J connectivity index is 1.70. The normalized spacial score (nSPS) is 10.6. The van der Waals surface area contributed by atoms with E-state index in [1.165, 1.54) is 0 Å². The Kier molecular flexibility index (Phi) is 5.64. The molecule has 0 fully saturated rings. The van der Waals surface area contributed by atoms with Gasteiger partial charge in [0.25, 0.3) is 5.91 Å². The van der Waals surface area contributed by atoms with Crippen molar-refractivity contribution in [2.75, 3.05) is 5.32 Å². The lowest BCUT2D eigenvalue weighted by Gasteiger charge is -2.13. The second kappa shape index (κ2) is 8.30. The van der Waals surface area contributed by atoms with E-state index in [1.54, 1.807) is 12.4 Å². The first-order chi connectivity index (χ1) is 12.6. The lowest BCUT2D eigenvalue weighted by molar-refractivity contribution is 0.102. The van der Waals surface area contributed by atoms with Gasteiger partial charge in [0.1, 0.15) is 12.4 Å². The Hall–Kier alpha value is -3.14. The van der Waals surface area contributed by atoms with Crippen LogP contribution in [-0.4, -0.2) is 10.9 Å². The van der Waals surface area contributed by atoms with E-state index in [2.05, 4.69) is 24.1 Å². The maximum absolute atomic E-state index is 12.7. The van der Waals surface area contributed by atoms with Gasteiger partial charge in [-0.2, -0.15) is 0 Å². The summed E-state index contributed by atoms with van der Waals surface area (Å²) in [5.74, 6) is 0.869. The van der Waals surface area contributed by atoms with Crippen molar-refractivity contribution in [3.63, 3.8) is 0 Å². The highest BCUT2D eigenvalue weighted by molar-refractivity contribution is 6.05. The molecule has 0 aliphatic carbocycles. The molecule has 1 aromatic heterocycles. The fourth-order valence-corrected chi connectivity index (χ4v) is 2.72. The highest BCUT2D eigenvalue weighted by atomic mass is 16.5. The first kappa shape index (κ1) is 17.7. The molecule has 1 heterocycles. The van der Waals surface area contributed by atoms with E-state index in [4.69, 9.17) is 4.74 Å². The predicted octanol–water partition coefficient (Wildman–Crippen LogP) is 5.04. The van der Waals surface area contributed by atoms with Crippen molar-refractivity contribution in [1.82, 2.24) is 4.98 Å². The van der Waals surface area contributed by atoms with Crippen LogP contribution < -0.4 is 10.1 Å². The van der Waals surface area contributed by atoms with Gasteiger partial charge >= 0.3 is 0 Å². The molecule has 1 N–H and O–H groups in total. The quantitative estimate of drug-likeness (QED) is 0.680. The van der Waals surface area contributed by atoms with E-state index in [-0.39, 0.29) is 11.8 Å². The molecule has 0 aliphatic heterocycles. The summed E-state index contributed by atoms with van der Waals surface area (Å²) in [5.41, 5.74) is 3.43. The second-order valence-electron chi connectivity index (χ2n) is 6.37. The Morgan fingerprint density at radius 1 is 1.08 bits per heavy atom. The molecule has 4 heteroatoms. The third kappa shape index (κ3) is 4.48. The van der Waals surface area contributed by atoms with Crippen LogP contribution in [0.25, 0.3) is 0 Å². The summed E-state index contributed by atoms with van der Waals surface area (Å²) in [4.78, 5) is 16.7. The fraction of sp³-hybridized carbons (Fsp3) is 0.182. The number of carbonyl (C=O) groups is 1. The smallest absolute Gasteiger partial charge is 0.255 e. The summed E-state index contributed by atoms with van der Waals surface area (Å²) >= 11 is 0. The molecule has 3 rings (SSSR count). The van der Waals surface area contributed by atoms with Crippen LogP contribution >= 0.6 is 0 Å². The number of anilines is 1. The number of pyridine rings is 1. The van der Waals surface area contributed by atoms with E-state index in [1.807, 2.05) is 60.7 Å². The average molecular weight is 346 g/mol. The number of rotatable bonds is 6. The molecular weight excluding hydrogens is 324 g/mol. The first-order valence-electron chi connectivity index (χ1n) is 8.65. The van der Waals surface area contributed by atoms with Crippen molar-refractivity contribution in [1.29, 1.82) is 0 Å². The van der Waals surface area contributed by atoms with Crippen molar-refractivity contribution in [2.24, 2.45) is 0 Å². The zero-order valence-corrected chi connectivity index (χ0v) is 15.0. The van der Waals surface area contributed by atoms with Gasteiger partial charge in [0.2, 0.25) is 0 Å². The molecule has 132 valence electrons. The van der Waals surface area contributed by atoms with Crippen LogP contribution in [0.3, 0.4) is 0 Å². The molecule has 1 amide bonds. The average Bonchev–Trinajstić information content (AvgIpc) is 2.67. The molecule has 0 unspecified atom stereocenters. The molecule has 4 nitrogen and oxygen atoms in total. The number of ether oxygens (including phenoxy) is 1. The molecule has 0 bridgehead atoms. The second-order valence-corrected chi connectivity index (χ2v) is 6.37. The van der Waals surface area contributed by atoms with Gasteiger partial charge in [0, 0.05) is 35.3 Å². The number of carbonyl (C=O) groups excluding carboxylic acids is 1. The largest absolute Gasteiger partial charge is 0.489 e. The molecular formula is C22H22N2O2. The minimum atomic E-state index is -0.112. The molecule has 0 saturated heterocycles. The molecule has 2 aromatic carbocycles. The van der Waals surface area contributed by atoms with E-state index >= 15 is 0 Å². The maximum atomic E-state index is 12.7. The van der Waals surface area contributed by atoms with Crippen molar-refractivity contribution < 1.29 is 9.53 Å². The lowest BCUT2D eigenvalue weighted by Crippen LogP contribution is -2.14. The molecule has 0 atom stereocenters. The summed E-state index contributed by atoms with van der Waals surface area (Å²) in [7, 11) is 0. The number of aromatic nitrogens is 1. The SMILES string of the molecule is CC(C)c1ccccc1C(=O)Nc1cccc(OCc2cccnc2)c1. The van der Waals surface area contributed by atoms with Crippen LogP contribution in [-0.2, 0) is 6.61 Å². The molecule has 0 aliphatic rings. The topological polar surface area (TPSA) is 51.2 Å². The van der Waals surface area contributed by atoms with Crippen LogP contribution in [0.4, 0.5) is 5.69 Å². The minimum Gasteiger partial charge on any atom is -0.489 e. The monoisotopic (exact) mass is 346 g/mol. The maximum Gasteiger partial charge on any atom is 0.255 e. The standard InChI is InChI=1S/C22H22N2O2/c1-16(2)20-10-3-4-11-21(20)22(25)24-18-8-5-9-19(13-18)26-15-17-7-6-12-23-14-17/h3-14,16H,15H2,1-2H3,(H,24,25). The van der Waals surface area contributed by atoms with E-state index in [0.29, 0.717) is 23.6 Å². The summed E-state index contributed by atoms with van der Waals surface area (Å²) < 4.78 is 5.79. The number of amides is 1. The summed E-state index contributed by atoms with van der Waals surface area (Å²) in [6, 6.07) is 18.9. The summed E-state index contributed by atoms with van der Waals surface area (Å²) in [6.07, 6.45) is 3.50. The molecule has 0 saturated carbocycles. The van der Waals surface area contributed by atoms with Crippen LogP contribution in [0.5, 0.6) is 5.75 Å². The fourth-order valence-electron chi connectivity index (χ4n) is 2.72. The van der Waals surface area contributed by atoms with E-state index in [0.717, 1.165) is 11.1 Å². The minimum absolute atomic E-state index is 0.112. The predicted molar refractivity (Wildman–Crippen MR) is 103 cm³/mol. The van der Waals surface area contributed by atoms with Gasteiger partial charge in [0.15, 0.2) is 0 Å². The van der Waals surface area contributed by atoms with Gasteiger partial charge in [-0.3, -0.25) is 9.78 Å². The van der Waals surface area contributed by atoms with Crippen molar-refractivity contribution in [3.05, 3.63) is 89.7 Å². The van der Waals surface area contributed by atoms with Gasteiger partial charge in [-0.05, 0) is 35.7 Å². The van der Waals surface area contributed by atoms with E-state index in [9.17, 15) is 4.79 Å². The first-order valence-corrected chi connectivity index (χ1v) is 8.65. The van der Waals surface area contributed by atoms with Gasteiger partial charge in [-0.1, -0.05) is 44.2 Å². The van der Waals surface area contributed by atoms with Gasteiger partial charge in [0.05, 0.1) is 0 Å². The van der Waals surface area contributed by atoms with Crippen LogP contribution in [0.15, 0.2) is 73.1 Å². The Bertz CT molecular complexity index is 876. The zero-order valence-electron chi connectivity index (χ0n) is 15.0. The zero-order chi connectivity index (χ0) is 18.4. The third-order valence-electron chi connectivity index (χ3n) is 4.05.